The molecule has 0 spiro atoms. The van der Waals surface area contributed by atoms with Gasteiger partial charge >= 0.3 is 17.9 Å². The Morgan fingerprint density at radius 2 is 1.90 bits per heavy atom. The summed E-state index contributed by atoms with van der Waals surface area (Å²) in [6.45, 7) is 0. The van der Waals surface area contributed by atoms with Gasteiger partial charge in [-0.15, -0.1) is 0 Å². The Bertz CT molecular complexity index is 611. The number of methoxy groups -OCH3 is 2. The topological polar surface area (TPSA) is 102 Å². The summed E-state index contributed by atoms with van der Waals surface area (Å²) in [4.78, 5) is 33.7. The van der Waals surface area contributed by atoms with E-state index >= 15 is 0 Å². The van der Waals surface area contributed by atoms with E-state index in [2.05, 4.69) is 14.8 Å². The van der Waals surface area contributed by atoms with Gasteiger partial charge in [0.05, 0.1) is 30.9 Å². The summed E-state index contributed by atoms with van der Waals surface area (Å²) >= 11 is 5.74. The van der Waals surface area contributed by atoms with Crippen LogP contribution < -0.4 is 5.32 Å². The molecule has 7 nitrogen and oxygen atoms in total. The SMILES string of the molecule is COC(=O)/C=C(/Nc1ccc(Cl)c(C(=O)O)c1)C(=O)OC. The molecule has 8 heteroatoms. The van der Waals surface area contributed by atoms with Gasteiger partial charge < -0.3 is 19.9 Å². The number of carboxylic acid groups (broad SMARTS) is 1. The van der Waals surface area contributed by atoms with E-state index in [1.165, 1.54) is 18.2 Å². The Morgan fingerprint density at radius 3 is 2.43 bits per heavy atom. The highest BCUT2D eigenvalue weighted by Crippen LogP contribution is 2.21. The van der Waals surface area contributed by atoms with Crippen molar-refractivity contribution in [2.75, 3.05) is 19.5 Å². The number of carboxylic acids is 1. The van der Waals surface area contributed by atoms with Crippen LogP contribution in [0.1, 0.15) is 10.4 Å². The number of benzene rings is 1. The Balaban J connectivity index is 3.12. The number of anilines is 1. The zero-order valence-electron chi connectivity index (χ0n) is 11.2. The molecule has 21 heavy (non-hydrogen) atoms. The quantitative estimate of drug-likeness (QED) is 0.629. The van der Waals surface area contributed by atoms with Crippen LogP contribution in [0.25, 0.3) is 0 Å². The average molecular weight is 314 g/mol. The Hall–Kier alpha value is -2.54. The van der Waals surface area contributed by atoms with Gasteiger partial charge in [0.1, 0.15) is 5.70 Å². The number of hydrogen-bond acceptors (Lipinski definition) is 6. The molecule has 0 saturated carbocycles. The summed E-state index contributed by atoms with van der Waals surface area (Å²) in [6, 6.07) is 4.02. The third-order valence-electron chi connectivity index (χ3n) is 2.34. The number of esters is 2. The second kappa shape index (κ2) is 7.30. The lowest BCUT2D eigenvalue weighted by atomic mass is 10.2. The van der Waals surface area contributed by atoms with Gasteiger partial charge in [-0.2, -0.15) is 0 Å². The van der Waals surface area contributed by atoms with Crippen molar-refractivity contribution in [2.24, 2.45) is 0 Å². The van der Waals surface area contributed by atoms with Gasteiger partial charge in [-0.1, -0.05) is 11.6 Å². The number of ether oxygens (including phenoxy) is 2. The Morgan fingerprint density at radius 1 is 1.24 bits per heavy atom. The van der Waals surface area contributed by atoms with Gasteiger partial charge in [0, 0.05) is 5.69 Å². The maximum absolute atomic E-state index is 11.6. The van der Waals surface area contributed by atoms with Crippen LogP contribution in [0.4, 0.5) is 5.69 Å². The summed E-state index contributed by atoms with van der Waals surface area (Å²) in [5, 5.41) is 11.6. The normalized spacial score (nSPS) is 10.7. The van der Waals surface area contributed by atoms with Crippen molar-refractivity contribution in [2.45, 2.75) is 0 Å². The first-order valence-corrected chi connectivity index (χ1v) is 5.94. The number of nitrogens with one attached hydrogen (secondary N) is 1. The maximum atomic E-state index is 11.6. The van der Waals surface area contributed by atoms with E-state index < -0.39 is 17.9 Å². The number of aromatic carboxylic acids is 1. The highest BCUT2D eigenvalue weighted by Gasteiger charge is 2.15. The minimum atomic E-state index is -1.22. The number of rotatable bonds is 5. The molecule has 0 saturated heterocycles. The van der Waals surface area contributed by atoms with Crippen LogP contribution in [0.3, 0.4) is 0 Å². The van der Waals surface area contributed by atoms with Crippen molar-refractivity contribution in [1.82, 2.24) is 0 Å². The van der Waals surface area contributed by atoms with Gasteiger partial charge in [-0.05, 0) is 18.2 Å². The zero-order valence-corrected chi connectivity index (χ0v) is 11.9. The first-order chi connectivity index (χ1) is 9.88. The fourth-order valence-corrected chi connectivity index (χ4v) is 1.55. The molecule has 112 valence electrons. The van der Waals surface area contributed by atoms with Crippen molar-refractivity contribution in [3.05, 3.63) is 40.6 Å². The Labute approximate surface area is 125 Å². The van der Waals surface area contributed by atoms with E-state index in [9.17, 15) is 14.4 Å². The van der Waals surface area contributed by atoms with Gasteiger partial charge in [0.15, 0.2) is 0 Å². The molecule has 2 N–H and O–H groups in total. The summed E-state index contributed by atoms with van der Waals surface area (Å²) < 4.78 is 8.93. The summed E-state index contributed by atoms with van der Waals surface area (Å²) in [5.41, 5.74) is -0.107. The van der Waals surface area contributed by atoms with Crippen molar-refractivity contribution in [3.8, 4) is 0 Å². The van der Waals surface area contributed by atoms with E-state index in [1.807, 2.05) is 0 Å². The maximum Gasteiger partial charge on any atom is 0.354 e. The van der Waals surface area contributed by atoms with Crippen LogP contribution in [-0.4, -0.2) is 37.2 Å². The molecule has 1 rings (SSSR count). The molecule has 0 aliphatic rings. The van der Waals surface area contributed by atoms with Crippen molar-refractivity contribution in [1.29, 1.82) is 0 Å². The molecule has 0 heterocycles. The van der Waals surface area contributed by atoms with E-state index in [0.717, 1.165) is 20.3 Å². The number of halogens is 1. The molecule has 1 aromatic rings. The minimum absolute atomic E-state index is 0.0459. The van der Waals surface area contributed by atoms with Crippen molar-refractivity contribution in [3.63, 3.8) is 0 Å². The minimum Gasteiger partial charge on any atom is -0.478 e. The molecule has 0 aliphatic carbocycles. The second-order valence-corrected chi connectivity index (χ2v) is 4.10. The summed E-state index contributed by atoms with van der Waals surface area (Å²) in [5.74, 6) is -2.80. The molecule has 0 aliphatic heterocycles. The third kappa shape index (κ3) is 4.50. The van der Waals surface area contributed by atoms with E-state index in [4.69, 9.17) is 16.7 Å². The highest BCUT2D eigenvalue weighted by atomic mass is 35.5. The second-order valence-electron chi connectivity index (χ2n) is 3.70. The molecule has 1 aromatic carbocycles. The highest BCUT2D eigenvalue weighted by molar-refractivity contribution is 6.33. The van der Waals surface area contributed by atoms with Gasteiger partial charge in [-0.25, -0.2) is 14.4 Å². The molecular weight excluding hydrogens is 302 g/mol. The van der Waals surface area contributed by atoms with Crippen LogP contribution in [0.2, 0.25) is 5.02 Å². The lowest BCUT2D eigenvalue weighted by Crippen LogP contribution is -2.15. The van der Waals surface area contributed by atoms with Crippen LogP contribution in [0.15, 0.2) is 30.0 Å². The van der Waals surface area contributed by atoms with Gasteiger partial charge in [0.2, 0.25) is 0 Å². The fraction of sp³-hybridized carbons (Fsp3) is 0.154. The van der Waals surface area contributed by atoms with Crippen LogP contribution in [0, 0.1) is 0 Å². The monoisotopic (exact) mass is 313 g/mol. The smallest absolute Gasteiger partial charge is 0.354 e. The van der Waals surface area contributed by atoms with Crippen LogP contribution in [0.5, 0.6) is 0 Å². The zero-order chi connectivity index (χ0) is 16.0. The van der Waals surface area contributed by atoms with E-state index in [1.54, 1.807) is 0 Å². The predicted molar refractivity (Wildman–Crippen MR) is 74.1 cm³/mol. The largest absolute Gasteiger partial charge is 0.478 e. The molecule has 0 amide bonds. The molecule has 0 bridgehead atoms. The van der Waals surface area contributed by atoms with Gasteiger partial charge in [-0.3, -0.25) is 0 Å². The number of carbonyl (C=O) groups excluding carboxylic acids is 2. The number of carbonyl (C=O) groups is 3. The van der Waals surface area contributed by atoms with E-state index in [-0.39, 0.29) is 22.0 Å². The van der Waals surface area contributed by atoms with E-state index in [0.29, 0.717) is 0 Å². The number of hydrogen-bond donors (Lipinski definition) is 2. The lowest BCUT2D eigenvalue weighted by Gasteiger charge is -2.10. The van der Waals surface area contributed by atoms with Crippen molar-refractivity contribution >= 4 is 35.2 Å². The third-order valence-corrected chi connectivity index (χ3v) is 2.67. The standard InChI is InChI=1S/C13H12ClNO6/c1-20-11(16)6-10(13(19)21-2)15-7-3-4-9(14)8(5-7)12(17)18/h3-6,15H,1-2H3,(H,17,18)/b10-6+. The molecule has 0 aromatic heterocycles. The predicted octanol–water partition coefficient (Wildman–Crippen LogP) is 1.68. The first kappa shape index (κ1) is 16.5. The van der Waals surface area contributed by atoms with Crippen molar-refractivity contribution < 1.29 is 29.0 Å². The summed E-state index contributed by atoms with van der Waals surface area (Å²) in [7, 11) is 2.29. The fourth-order valence-electron chi connectivity index (χ4n) is 1.36. The molecule has 0 unspecified atom stereocenters. The lowest BCUT2D eigenvalue weighted by molar-refractivity contribution is -0.138. The van der Waals surface area contributed by atoms with Gasteiger partial charge in [0.25, 0.3) is 0 Å². The first-order valence-electron chi connectivity index (χ1n) is 5.57. The molecule has 0 fully saturated rings. The van der Waals surface area contributed by atoms with Crippen LogP contribution in [-0.2, 0) is 19.1 Å². The molecule has 0 atom stereocenters. The molecular formula is C13H12ClNO6. The Kier molecular flexibility index (Phi) is 5.74. The average Bonchev–Trinajstić information content (AvgIpc) is 2.46. The summed E-state index contributed by atoms with van der Waals surface area (Å²) in [6.07, 6.45) is 0.890. The molecule has 0 radical (unpaired) electrons. The van der Waals surface area contributed by atoms with Crippen LogP contribution >= 0.6 is 11.6 Å².